The van der Waals surface area contributed by atoms with E-state index in [0.717, 1.165) is 35.5 Å². The molecule has 2 N–H and O–H groups in total. The molecule has 0 aliphatic carbocycles. The molecule has 1 aromatic heterocycles. The number of aromatic nitrogens is 1. The van der Waals surface area contributed by atoms with E-state index in [2.05, 4.69) is 13.8 Å². The summed E-state index contributed by atoms with van der Waals surface area (Å²) in [5.74, 6) is 0. The first-order valence-corrected chi connectivity index (χ1v) is 12.1. The van der Waals surface area contributed by atoms with Crippen LogP contribution in [0.25, 0.3) is 0 Å². The summed E-state index contributed by atoms with van der Waals surface area (Å²) in [5, 5.41) is 1.83. The number of aryl methyl sites for hydroxylation is 1. The summed E-state index contributed by atoms with van der Waals surface area (Å²) in [6.07, 6.45) is 3.11. The number of nitrogens with zero attached hydrogens (tertiary/aromatic N) is 2. The first kappa shape index (κ1) is 24.0. The number of nitrogens with two attached hydrogens (primary N) is 1. The molecule has 170 valence electrons. The van der Waals surface area contributed by atoms with Gasteiger partial charge in [0, 0.05) is 22.9 Å². The Labute approximate surface area is 194 Å². The Bertz CT molecular complexity index is 903. The third-order valence-electron chi connectivity index (χ3n) is 5.58. The third kappa shape index (κ3) is 6.43. The highest BCUT2D eigenvalue weighted by Crippen LogP contribution is 2.37. The van der Waals surface area contributed by atoms with E-state index in [9.17, 15) is 4.79 Å². The summed E-state index contributed by atoms with van der Waals surface area (Å²) in [7, 11) is 0. The summed E-state index contributed by atoms with van der Waals surface area (Å²) in [4.78, 5) is 21.2. The van der Waals surface area contributed by atoms with Gasteiger partial charge in [-0.1, -0.05) is 37.6 Å². The lowest BCUT2D eigenvalue weighted by Crippen LogP contribution is -2.43. The summed E-state index contributed by atoms with van der Waals surface area (Å²) in [6.45, 7) is 11.4. The Morgan fingerprint density at radius 3 is 2.55 bits per heavy atom. The molecule has 0 spiro atoms. The van der Waals surface area contributed by atoms with Gasteiger partial charge in [-0.15, -0.1) is 11.3 Å². The number of thiazole rings is 1. The molecule has 3 rings (SSSR count). The van der Waals surface area contributed by atoms with Crippen molar-refractivity contribution in [3.63, 3.8) is 0 Å². The number of hydrogen-bond acceptors (Lipinski definition) is 5. The summed E-state index contributed by atoms with van der Waals surface area (Å²) < 4.78 is 5.72. The molecule has 5 nitrogen and oxygen atoms in total. The quantitative estimate of drug-likeness (QED) is 0.588. The van der Waals surface area contributed by atoms with Crippen molar-refractivity contribution in [2.75, 3.05) is 13.1 Å². The molecule has 0 saturated heterocycles. The summed E-state index contributed by atoms with van der Waals surface area (Å²) in [5.41, 5.74) is 7.59. The second kappa shape index (κ2) is 9.47. The second-order valence-corrected chi connectivity index (χ2v) is 11.7. The van der Waals surface area contributed by atoms with E-state index in [1.165, 1.54) is 4.88 Å². The lowest BCUT2D eigenvalue weighted by atomic mass is 9.88. The molecular weight excluding hydrogens is 430 g/mol. The van der Waals surface area contributed by atoms with Gasteiger partial charge in [-0.05, 0) is 69.7 Å². The van der Waals surface area contributed by atoms with Crippen LogP contribution in [0.5, 0.6) is 0 Å². The van der Waals surface area contributed by atoms with Crippen molar-refractivity contribution < 1.29 is 9.53 Å². The van der Waals surface area contributed by atoms with Crippen molar-refractivity contribution in [3.8, 4) is 0 Å². The van der Waals surface area contributed by atoms with Crippen LogP contribution in [0.1, 0.15) is 68.2 Å². The van der Waals surface area contributed by atoms with Crippen LogP contribution in [0.2, 0.25) is 5.02 Å². The Hall–Kier alpha value is -1.63. The molecular formula is C24H34ClN3O2S. The van der Waals surface area contributed by atoms with E-state index >= 15 is 0 Å². The monoisotopic (exact) mass is 463 g/mol. The number of ether oxygens (including phenoxy) is 1. The maximum Gasteiger partial charge on any atom is 0.410 e. The highest BCUT2D eigenvalue weighted by atomic mass is 35.5. The molecule has 7 heteroatoms. The normalized spacial score (nSPS) is 16.9. The number of rotatable bonds is 6. The molecule has 2 aromatic rings. The fraction of sp³-hybridized carbons (Fsp3) is 0.583. The fourth-order valence-corrected chi connectivity index (χ4v) is 4.86. The van der Waals surface area contributed by atoms with Crippen LogP contribution >= 0.6 is 22.9 Å². The van der Waals surface area contributed by atoms with E-state index in [0.29, 0.717) is 24.5 Å². The van der Waals surface area contributed by atoms with Crippen LogP contribution in [-0.4, -0.2) is 34.7 Å². The van der Waals surface area contributed by atoms with Crippen LogP contribution in [-0.2, 0) is 24.0 Å². The highest BCUT2D eigenvalue weighted by Gasteiger charge is 2.36. The van der Waals surface area contributed by atoms with E-state index in [1.54, 1.807) is 11.3 Å². The van der Waals surface area contributed by atoms with Crippen molar-refractivity contribution in [2.45, 2.75) is 71.9 Å². The van der Waals surface area contributed by atoms with Crippen LogP contribution in [0.3, 0.4) is 0 Å². The SMILES string of the molecule is CC(C)(CN)CCc1nc2c(s1)CCN(C(=O)OC(C)(C)C)C2Cc1ccc(Cl)cc1. The van der Waals surface area contributed by atoms with Gasteiger partial charge >= 0.3 is 6.09 Å². The minimum Gasteiger partial charge on any atom is -0.444 e. The van der Waals surface area contributed by atoms with Crippen LogP contribution in [0, 0.1) is 5.41 Å². The van der Waals surface area contributed by atoms with Gasteiger partial charge in [0.2, 0.25) is 0 Å². The number of hydrogen-bond donors (Lipinski definition) is 1. The van der Waals surface area contributed by atoms with E-state index in [1.807, 2.05) is 49.9 Å². The van der Waals surface area contributed by atoms with Gasteiger partial charge in [-0.3, -0.25) is 4.90 Å². The number of carbonyl (C=O) groups excluding carboxylic acids is 1. The molecule has 1 aromatic carbocycles. The summed E-state index contributed by atoms with van der Waals surface area (Å²) in [6, 6.07) is 7.66. The Morgan fingerprint density at radius 1 is 1.26 bits per heavy atom. The molecule has 1 unspecified atom stereocenters. The Morgan fingerprint density at radius 2 is 1.94 bits per heavy atom. The van der Waals surface area contributed by atoms with Crippen molar-refractivity contribution in [1.82, 2.24) is 9.88 Å². The zero-order valence-corrected chi connectivity index (χ0v) is 20.8. The first-order valence-electron chi connectivity index (χ1n) is 10.9. The van der Waals surface area contributed by atoms with Gasteiger partial charge in [-0.25, -0.2) is 9.78 Å². The molecule has 0 bridgehead atoms. The van der Waals surface area contributed by atoms with E-state index < -0.39 is 5.60 Å². The number of benzene rings is 1. The molecule has 1 aliphatic rings. The standard InChI is InChI=1S/C24H34ClN3O2S/c1-23(2,3)30-22(29)28-13-11-19-21(18(28)14-16-6-8-17(25)9-7-16)27-20(31-19)10-12-24(4,5)15-26/h6-9,18H,10-15,26H2,1-5H3. The van der Waals surface area contributed by atoms with Gasteiger partial charge in [0.25, 0.3) is 0 Å². The van der Waals surface area contributed by atoms with E-state index in [4.69, 9.17) is 27.1 Å². The molecule has 2 heterocycles. The zero-order chi connectivity index (χ0) is 22.8. The third-order valence-corrected chi connectivity index (χ3v) is 7.02. The maximum atomic E-state index is 13.0. The van der Waals surface area contributed by atoms with Gasteiger partial charge in [0.1, 0.15) is 5.60 Å². The Balaban J connectivity index is 1.88. The van der Waals surface area contributed by atoms with E-state index in [-0.39, 0.29) is 17.6 Å². The largest absolute Gasteiger partial charge is 0.444 e. The molecule has 1 amide bonds. The van der Waals surface area contributed by atoms with Crippen molar-refractivity contribution in [1.29, 1.82) is 0 Å². The van der Waals surface area contributed by atoms with Crippen molar-refractivity contribution >= 4 is 29.0 Å². The number of halogens is 1. The lowest BCUT2D eigenvalue weighted by molar-refractivity contribution is 0.0138. The predicted molar refractivity (Wildman–Crippen MR) is 128 cm³/mol. The minimum atomic E-state index is -0.538. The number of fused-ring (bicyclic) bond motifs is 1. The molecule has 1 atom stereocenters. The smallest absolute Gasteiger partial charge is 0.410 e. The van der Waals surface area contributed by atoms with Crippen LogP contribution in [0.15, 0.2) is 24.3 Å². The van der Waals surface area contributed by atoms with Crippen molar-refractivity contribution in [2.24, 2.45) is 11.1 Å². The zero-order valence-electron chi connectivity index (χ0n) is 19.2. The molecule has 0 saturated carbocycles. The fourth-order valence-electron chi connectivity index (χ4n) is 3.62. The number of amides is 1. The topological polar surface area (TPSA) is 68.5 Å². The maximum absolute atomic E-state index is 13.0. The van der Waals surface area contributed by atoms with Gasteiger partial charge in [0.15, 0.2) is 0 Å². The predicted octanol–water partition coefficient (Wildman–Crippen LogP) is 5.79. The first-order chi connectivity index (χ1) is 14.5. The van der Waals surface area contributed by atoms with Crippen LogP contribution < -0.4 is 5.73 Å². The van der Waals surface area contributed by atoms with Crippen molar-refractivity contribution in [3.05, 3.63) is 50.4 Å². The van der Waals surface area contributed by atoms with Gasteiger partial charge in [-0.2, -0.15) is 0 Å². The molecule has 1 aliphatic heterocycles. The van der Waals surface area contributed by atoms with Crippen LogP contribution in [0.4, 0.5) is 4.79 Å². The Kier molecular flexibility index (Phi) is 7.34. The second-order valence-electron chi connectivity index (χ2n) is 10.1. The van der Waals surface area contributed by atoms with Gasteiger partial charge < -0.3 is 10.5 Å². The number of carbonyl (C=O) groups is 1. The molecule has 0 radical (unpaired) electrons. The minimum absolute atomic E-state index is 0.0947. The molecule has 31 heavy (non-hydrogen) atoms. The highest BCUT2D eigenvalue weighted by molar-refractivity contribution is 7.11. The summed E-state index contributed by atoms with van der Waals surface area (Å²) >= 11 is 7.85. The lowest BCUT2D eigenvalue weighted by Gasteiger charge is -2.36. The average molecular weight is 464 g/mol. The molecule has 0 fully saturated rings. The van der Waals surface area contributed by atoms with Gasteiger partial charge in [0.05, 0.1) is 16.7 Å². The average Bonchev–Trinajstić information content (AvgIpc) is 3.11.